The molecular formula is C15H17F3N2O3S. The van der Waals surface area contributed by atoms with Crippen molar-refractivity contribution in [2.24, 2.45) is 0 Å². The van der Waals surface area contributed by atoms with Gasteiger partial charge in [-0.05, 0) is 42.5 Å². The second kappa shape index (κ2) is 6.03. The van der Waals surface area contributed by atoms with Gasteiger partial charge in [0.2, 0.25) is 10.0 Å². The summed E-state index contributed by atoms with van der Waals surface area (Å²) in [5.41, 5.74) is 1.21. The number of halogens is 3. The zero-order chi connectivity index (χ0) is 17.5. The van der Waals surface area contributed by atoms with Gasteiger partial charge in [-0.25, -0.2) is 13.1 Å². The van der Waals surface area contributed by atoms with Crippen molar-refractivity contribution in [2.75, 3.05) is 6.54 Å². The summed E-state index contributed by atoms with van der Waals surface area (Å²) >= 11 is 0. The van der Waals surface area contributed by atoms with Crippen LogP contribution in [0, 0.1) is 0 Å². The van der Waals surface area contributed by atoms with Gasteiger partial charge >= 0.3 is 12.1 Å². The topological polar surface area (TPSA) is 66.5 Å². The van der Waals surface area contributed by atoms with E-state index in [1.165, 1.54) is 12.1 Å². The monoisotopic (exact) mass is 362 g/mol. The van der Waals surface area contributed by atoms with E-state index in [9.17, 15) is 26.4 Å². The molecule has 1 amide bonds. The molecule has 1 N–H and O–H groups in total. The number of amides is 1. The van der Waals surface area contributed by atoms with Crippen molar-refractivity contribution in [1.82, 2.24) is 9.62 Å². The lowest BCUT2D eigenvalue weighted by atomic mass is 9.94. The highest BCUT2D eigenvalue weighted by atomic mass is 32.2. The Bertz CT molecular complexity index is 758. The molecule has 0 unspecified atom stereocenters. The van der Waals surface area contributed by atoms with Gasteiger partial charge in [0.05, 0.1) is 4.90 Å². The first-order chi connectivity index (χ1) is 11.2. The zero-order valence-electron chi connectivity index (χ0n) is 12.8. The average Bonchev–Trinajstić information content (AvgIpc) is 2.48. The number of nitrogens with one attached hydrogen (secondary N) is 1. The summed E-state index contributed by atoms with van der Waals surface area (Å²) in [6, 6.07) is 4.36. The van der Waals surface area contributed by atoms with Gasteiger partial charge in [-0.15, -0.1) is 0 Å². The molecule has 132 valence electrons. The van der Waals surface area contributed by atoms with Gasteiger partial charge in [0, 0.05) is 19.1 Å². The third-order valence-corrected chi connectivity index (χ3v) is 5.98. The molecule has 1 aromatic carbocycles. The zero-order valence-corrected chi connectivity index (χ0v) is 13.6. The molecule has 1 fully saturated rings. The number of sulfonamides is 1. The van der Waals surface area contributed by atoms with Crippen LogP contribution in [0.15, 0.2) is 23.1 Å². The predicted octanol–water partition coefficient (Wildman–Crippen LogP) is 1.96. The Kier molecular flexibility index (Phi) is 4.33. The normalized spacial score (nSPS) is 18.9. The molecule has 1 aliphatic heterocycles. The van der Waals surface area contributed by atoms with Crippen LogP contribution in [0.3, 0.4) is 0 Å². The fourth-order valence-electron chi connectivity index (χ4n) is 2.87. The summed E-state index contributed by atoms with van der Waals surface area (Å²) in [7, 11) is -3.70. The Hall–Kier alpha value is -1.61. The van der Waals surface area contributed by atoms with Gasteiger partial charge in [-0.1, -0.05) is 12.5 Å². The van der Waals surface area contributed by atoms with E-state index < -0.39 is 22.1 Å². The molecule has 3 rings (SSSR count). The van der Waals surface area contributed by atoms with Crippen LogP contribution in [0.25, 0.3) is 0 Å². The molecule has 1 aliphatic carbocycles. The smallest absolute Gasteiger partial charge is 0.330 e. The van der Waals surface area contributed by atoms with Crippen molar-refractivity contribution >= 4 is 15.9 Å². The number of nitrogens with zero attached hydrogens (tertiary/aromatic N) is 1. The number of carbonyl (C=O) groups is 1. The number of hydrogen-bond acceptors (Lipinski definition) is 3. The molecule has 0 bridgehead atoms. The minimum atomic E-state index is -4.92. The molecule has 0 saturated heterocycles. The molecule has 5 nitrogen and oxygen atoms in total. The van der Waals surface area contributed by atoms with Gasteiger partial charge < -0.3 is 4.90 Å². The van der Waals surface area contributed by atoms with Crippen molar-refractivity contribution in [3.8, 4) is 0 Å². The Labute approximate surface area is 137 Å². The van der Waals surface area contributed by atoms with Crippen LogP contribution in [0.1, 0.15) is 30.4 Å². The lowest BCUT2D eigenvalue weighted by molar-refractivity contribution is -0.186. The summed E-state index contributed by atoms with van der Waals surface area (Å²) < 4.78 is 64.9. The van der Waals surface area contributed by atoms with Crippen LogP contribution in [0.2, 0.25) is 0 Å². The van der Waals surface area contributed by atoms with Crippen LogP contribution in [0.4, 0.5) is 13.2 Å². The summed E-state index contributed by atoms with van der Waals surface area (Å²) in [5, 5.41) is 0. The largest absolute Gasteiger partial charge is 0.471 e. The molecule has 1 heterocycles. The van der Waals surface area contributed by atoms with Crippen molar-refractivity contribution in [3.63, 3.8) is 0 Å². The van der Waals surface area contributed by atoms with E-state index in [1.54, 1.807) is 6.07 Å². The van der Waals surface area contributed by atoms with Crippen LogP contribution in [0.5, 0.6) is 0 Å². The number of benzene rings is 1. The Morgan fingerprint density at radius 2 is 1.92 bits per heavy atom. The van der Waals surface area contributed by atoms with Crippen LogP contribution < -0.4 is 4.72 Å². The Morgan fingerprint density at radius 3 is 2.50 bits per heavy atom. The molecule has 0 spiro atoms. The van der Waals surface area contributed by atoms with E-state index in [2.05, 4.69) is 4.72 Å². The minimum Gasteiger partial charge on any atom is -0.330 e. The van der Waals surface area contributed by atoms with Gasteiger partial charge in [-0.2, -0.15) is 13.2 Å². The average molecular weight is 362 g/mol. The first-order valence-electron chi connectivity index (χ1n) is 7.67. The quantitative estimate of drug-likeness (QED) is 0.894. The molecule has 1 aromatic rings. The molecule has 1 saturated carbocycles. The standard InChI is InChI=1S/C15H17F3N2O3S/c16-15(17,18)14(21)20-7-6-10-4-5-13(8-11(10)9-20)24(22,23)19-12-2-1-3-12/h4-5,8,12,19H,1-3,6-7,9H2. The van der Waals surface area contributed by atoms with E-state index in [0.717, 1.165) is 24.8 Å². The second-order valence-corrected chi connectivity index (χ2v) is 7.87. The number of carbonyl (C=O) groups excluding carboxylic acids is 1. The van der Waals surface area contributed by atoms with E-state index in [1.807, 2.05) is 0 Å². The lowest BCUT2D eigenvalue weighted by Crippen LogP contribution is -2.43. The maximum absolute atomic E-state index is 12.6. The molecule has 2 aliphatic rings. The van der Waals surface area contributed by atoms with Crippen LogP contribution >= 0.6 is 0 Å². The van der Waals surface area contributed by atoms with E-state index >= 15 is 0 Å². The number of rotatable bonds is 3. The van der Waals surface area contributed by atoms with Crippen molar-refractivity contribution in [2.45, 2.75) is 49.3 Å². The van der Waals surface area contributed by atoms with Gasteiger partial charge in [0.15, 0.2) is 0 Å². The van der Waals surface area contributed by atoms with E-state index in [0.29, 0.717) is 10.5 Å². The second-order valence-electron chi connectivity index (χ2n) is 6.15. The van der Waals surface area contributed by atoms with E-state index in [-0.39, 0.29) is 30.4 Å². The summed E-state index contributed by atoms with van der Waals surface area (Å²) in [4.78, 5) is 12.1. The van der Waals surface area contributed by atoms with Crippen LogP contribution in [-0.2, 0) is 27.8 Å². The highest BCUT2D eigenvalue weighted by Crippen LogP contribution is 2.27. The minimum absolute atomic E-state index is 0.0226. The summed E-state index contributed by atoms with van der Waals surface area (Å²) in [6.07, 6.45) is -2.09. The van der Waals surface area contributed by atoms with E-state index in [4.69, 9.17) is 0 Å². The van der Waals surface area contributed by atoms with Crippen LogP contribution in [-0.4, -0.2) is 38.0 Å². The summed E-state index contributed by atoms with van der Waals surface area (Å²) in [6.45, 7) is -0.266. The Balaban J connectivity index is 1.82. The van der Waals surface area contributed by atoms with Gasteiger partial charge in [0.1, 0.15) is 0 Å². The molecule has 0 radical (unpaired) electrons. The maximum Gasteiger partial charge on any atom is 0.471 e. The highest BCUT2D eigenvalue weighted by molar-refractivity contribution is 7.89. The van der Waals surface area contributed by atoms with Crippen molar-refractivity contribution < 1.29 is 26.4 Å². The van der Waals surface area contributed by atoms with Gasteiger partial charge in [-0.3, -0.25) is 4.79 Å². The fraction of sp³-hybridized carbons (Fsp3) is 0.533. The molecule has 9 heteroatoms. The first kappa shape index (κ1) is 17.2. The third kappa shape index (κ3) is 3.41. The third-order valence-electron chi connectivity index (χ3n) is 4.46. The molecular weight excluding hydrogens is 345 g/mol. The highest BCUT2D eigenvalue weighted by Gasteiger charge is 2.43. The first-order valence-corrected chi connectivity index (χ1v) is 9.15. The SMILES string of the molecule is O=C(N1CCc2ccc(S(=O)(=O)NC3CCC3)cc2C1)C(F)(F)F. The maximum atomic E-state index is 12.6. The van der Waals surface area contributed by atoms with Gasteiger partial charge in [0.25, 0.3) is 0 Å². The molecule has 0 atom stereocenters. The van der Waals surface area contributed by atoms with Crippen molar-refractivity contribution in [1.29, 1.82) is 0 Å². The number of alkyl halides is 3. The summed E-state index contributed by atoms with van der Waals surface area (Å²) in [5.74, 6) is -1.89. The number of fused-ring (bicyclic) bond motifs is 1. The fourth-order valence-corrected chi connectivity index (χ4v) is 4.22. The predicted molar refractivity (Wildman–Crippen MR) is 79.6 cm³/mol. The lowest BCUT2D eigenvalue weighted by Gasteiger charge is -2.30. The Morgan fingerprint density at radius 1 is 1.21 bits per heavy atom. The molecule has 24 heavy (non-hydrogen) atoms. The molecule has 0 aromatic heterocycles. The van der Waals surface area contributed by atoms with Crippen molar-refractivity contribution in [3.05, 3.63) is 29.3 Å². The number of hydrogen-bond donors (Lipinski definition) is 1.